The summed E-state index contributed by atoms with van der Waals surface area (Å²) in [6.07, 6.45) is 9.50. The summed E-state index contributed by atoms with van der Waals surface area (Å²) in [5.41, 5.74) is 2.13. The maximum Gasteiger partial charge on any atom is 0.220 e. The molecule has 0 spiro atoms. The number of phenolic OH excluding ortho intramolecular Hbond substituents is 1. The smallest absolute Gasteiger partial charge is 0.220 e. The van der Waals surface area contributed by atoms with Crippen LogP contribution in [0.1, 0.15) is 55.5 Å². The Balaban J connectivity index is 1.15. The minimum Gasteiger partial charge on any atom is -0.507 e. The summed E-state index contributed by atoms with van der Waals surface area (Å²) >= 11 is 6.04. The molecule has 8 rings (SSSR count). The Hall–Kier alpha value is -2.81. The van der Waals surface area contributed by atoms with Crippen molar-refractivity contribution in [2.75, 3.05) is 26.2 Å². The van der Waals surface area contributed by atoms with Gasteiger partial charge < -0.3 is 5.11 Å². The van der Waals surface area contributed by atoms with Crippen molar-refractivity contribution in [2.45, 2.75) is 57.2 Å². The van der Waals surface area contributed by atoms with Gasteiger partial charge in [0.15, 0.2) is 5.82 Å². The predicted molar refractivity (Wildman–Crippen MR) is 155 cm³/mol. The molecule has 0 radical (unpaired) electrons. The van der Waals surface area contributed by atoms with Crippen LogP contribution >= 0.6 is 12.2 Å². The van der Waals surface area contributed by atoms with E-state index in [0.29, 0.717) is 17.0 Å². The highest BCUT2D eigenvalue weighted by molar-refractivity contribution is 7.71. The topological polar surface area (TPSA) is 61.8 Å². The molecule has 1 N–H and O–H groups in total. The average molecular weight is 543 g/mol. The molecule has 1 aromatic heterocycles. The van der Waals surface area contributed by atoms with E-state index in [1.165, 1.54) is 44.1 Å². The lowest BCUT2D eigenvalue weighted by Gasteiger charge is -2.55. The fraction of sp³-hybridized carbons (Fsp3) is 0.516. The van der Waals surface area contributed by atoms with Gasteiger partial charge in [0.1, 0.15) is 5.75 Å². The van der Waals surface area contributed by atoms with Gasteiger partial charge in [-0.3, -0.25) is 9.80 Å². The molecule has 1 saturated heterocycles. The highest BCUT2D eigenvalue weighted by Crippen LogP contribution is 2.60. The molecular weight excluding hydrogens is 504 g/mol. The summed E-state index contributed by atoms with van der Waals surface area (Å²) in [4.78, 5) is 4.99. The average Bonchev–Trinajstić information content (AvgIpc) is 3.25. The molecule has 3 aromatic rings. The van der Waals surface area contributed by atoms with Crippen LogP contribution in [0.25, 0.3) is 0 Å². The molecule has 1 aliphatic heterocycles. The van der Waals surface area contributed by atoms with Crippen LogP contribution in [0.15, 0.2) is 59.7 Å². The Morgan fingerprint density at radius 2 is 1.49 bits per heavy atom. The van der Waals surface area contributed by atoms with Crippen LogP contribution in [0, 0.1) is 22.5 Å². The Morgan fingerprint density at radius 1 is 0.872 bits per heavy atom. The number of aromatic nitrogens is 3. The third-order valence-corrected chi connectivity index (χ3v) is 10.0. The second kappa shape index (κ2) is 10.3. The summed E-state index contributed by atoms with van der Waals surface area (Å²) in [7, 11) is 0. The molecular formula is C31H38N6OS. The quantitative estimate of drug-likeness (QED) is 0.327. The summed E-state index contributed by atoms with van der Waals surface area (Å²) < 4.78 is 4.60. The van der Waals surface area contributed by atoms with Gasteiger partial charge in [0, 0.05) is 43.7 Å². The molecule has 2 aromatic carbocycles. The number of phenols is 1. The summed E-state index contributed by atoms with van der Waals surface area (Å²) in [6, 6.07) is 18.1. The molecule has 5 fully saturated rings. The van der Waals surface area contributed by atoms with Crippen LogP contribution < -0.4 is 0 Å². The van der Waals surface area contributed by atoms with Crippen LogP contribution in [-0.2, 0) is 18.6 Å². The molecule has 4 aliphatic carbocycles. The number of para-hydroxylation sites is 1. The van der Waals surface area contributed by atoms with E-state index in [1.807, 2.05) is 27.6 Å². The third kappa shape index (κ3) is 4.98. The number of aromatic hydroxyl groups is 1. The van der Waals surface area contributed by atoms with Crippen molar-refractivity contribution in [3.63, 3.8) is 0 Å². The highest BCUT2D eigenvalue weighted by Gasteiger charge is 2.54. The first-order valence-corrected chi connectivity index (χ1v) is 15.0. The predicted octanol–water partition coefficient (Wildman–Crippen LogP) is 5.24. The number of hydrogen-bond donors (Lipinski definition) is 1. The lowest BCUT2D eigenvalue weighted by molar-refractivity contribution is -0.0112. The van der Waals surface area contributed by atoms with Crippen LogP contribution in [0.2, 0.25) is 0 Å². The lowest BCUT2D eigenvalue weighted by atomic mass is 9.49. The van der Waals surface area contributed by atoms with Gasteiger partial charge in [-0.2, -0.15) is 14.9 Å². The minimum absolute atomic E-state index is 0.0675. The largest absolute Gasteiger partial charge is 0.507 e. The lowest BCUT2D eigenvalue weighted by Crippen LogP contribution is -2.49. The normalized spacial score (nSPS) is 29.0. The van der Waals surface area contributed by atoms with Gasteiger partial charge in [-0.1, -0.05) is 42.5 Å². The summed E-state index contributed by atoms with van der Waals surface area (Å²) in [5, 5.41) is 20.5. The van der Waals surface area contributed by atoms with Gasteiger partial charge in [0.05, 0.1) is 12.9 Å². The van der Waals surface area contributed by atoms with Gasteiger partial charge in [-0.05, 0) is 86.2 Å². The number of rotatable bonds is 7. The number of piperazine rings is 1. The third-order valence-electron chi connectivity index (χ3n) is 9.63. The number of benzene rings is 2. The van der Waals surface area contributed by atoms with Crippen molar-refractivity contribution in [2.24, 2.45) is 22.9 Å². The van der Waals surface area contributed by atoms with Gasteiger partial charge in [0.25, 0.3) is 0 Å². The zero-order valence-electron chi connectivity index (χ0n) is 22.5. The second-order valence-corrected chi connectivity index (χ2v) is 12.8. The molecule has 39 heavy (non-hydrogen) atoms. The Bertz CT molecular complexity index is 1370. The van der Waals surface area contributed by atoms with Gasteiger partial charge in [0.2, 0.25) is 4.77 Å². The van der Waals surface area contributed by atoms with Crippen molar-refractivity contribution < 1.29 is 5.11 Å². The molecule has 8 heteroatoms. The fourth-order valence-corrected chi connectivity index (χ4v) is 8.38. The van der Waals surface area contributed by atoms with E-state index in [0.717, 1.165) is 56.3 Å². The number of hydrogen-bond acceptors (Lipinski definition) is 6. The Labute approximate surface area is 235 Å². The zero-order chi connectivity index (χ0) is 26.4. The Morgan fingerprint density at radius 3 is 2.15 bits per heavy atom. The molecule has 2 heterocycles. The molecule has 4 bridgehead atoms. The summed E-state index contributed by atoms with van der Waals surface area (Å²) in [5.74, 6) is 3.70. The van der Waals surface area contributed by atoms with Gasteiger partial charge in [-0.15, -0.1) is 0 Å². The maximum absolute atomic E-state index is 10.3. The van der Waals surface area contributed by atoms with Gasteiger partial charge >= 0.3 is 0 Å². The van der Waals surface area contributed by atoms with E-state index in [9.17, 15) is 5.11 Å². The van der Waals surface area contributed by atoms with E-state index < -0.39 is 0 Å². The second-order valence-electron chi connectivity index (χ2n) is 12.4. The molecule has 0 atom stereocenters. The fourth-order valence-electron chi connectivity index (χ4n) is 8.15. The van der Waals surface area contributed by atoms with E-state index >= 15 is 0 Å². The van der Waals surface area contributed by atoms with E-state index in [4.69, 9.17) is 22.4 Å². The first-order valence-electron chi connectivity index (χ1n) is 14.6. The van der Waals surface area contributed by atoms with Crippen LogP contribution in [0.5, 0.6) is 5.75 Å². The van der Waals surface area contributed by atoms with E-state index in [1.54, 1.807) is 12.3 Å². The van der Waals surface area contributed by atoms with Crippen molar-refractivity contribution >= 4 is 18.4 Å². The maximum atomic E-state index is 10.3. The van der Waals surface area contributed by atoms with Crippen molar-refractivity contribution in [1.29, 1.82) is 0 Å². The zero-order valence-corrected chi connectivity index (χ0v) is 23.3. The molecule has 204 valence electrons. The van der Waals surface area contributed by atoms with E-state index in [2.05, 4.69) is 40.1 Å². The molecule has 5 aliphatic rings. The van der Waals surface area contributed by atoms with Crippen molar-refractivity contribution in [3.05, 3.63) is 76.3 Å². The van der Waals surface area contributed by atoms with E-state index in [-0.39, 0.29) is 11.2 Å². The van der Waals surface area contributed by atoms with Crippen LogP contribution in [0.4, 0.5) is 0 Å². The first kappa shape index (κ1) is 25.2. The molecule has 4 saturated carbocycles. The molecule has 7 nitrogen and oxygen atoms in total. The SMILES string of the molecule is Oc1ccccc1/C=N/n1c(C23CC4CC(CC(C4)C2)C3)nn(CN2CCN(Cc3ccccc3)CC2)c1=S. The van der Waals surface area contributed by atoms with Crippen LogP contribution in [0.3, 0.4) is 0 Å². The minimum atomic E-state index is 0.0675. The first-order chi connectivity index (χ1) is 19.0. The van der Waals surface area contributed by atoms with Crippen LogP contribution in [-0.4, -0.2) is 61.8 Å². The highest BCUT2D eigenvalue weighted by atomic mass is 32.1. The standard InChI is InChI=1S/C31H38N6OS/c38-28-9-5-4-8-27(28)20-32-37-29(31-17-24-14-25(18-31)16-26(15-24)19-31)33-36(30(37)39)22-35-12-10-34(11-13-35)21-23-6-2-1-3-7-23/h1-9,20,24-26,38H,10-19,21-22H2/b32-20+. The molecule has 0 unspecified atom stereocenters. The monoisotopic (exact) mass is 542 g/mol. The molecule has 0 amide bonds. The van der Waals surface area contributed by atoms with Crippen molar-refractivity contribution in [3.8, 4) is 5.75 Å². The Kier molecular flexibility index (Phi) is 6.65. The van der Waals surface area contributed by atoms with Crippen molar-refractivity contribution in [1.82, 2.24) is 24.3 Å². The van der Waals surface area contributed by atoms with Gasteiger partial charge in [-0.25, -0.2) is 4.68 Å². The summed E-state index contributed by atoms with van der Waals surface area (Å²) in [6.45, 7) is 5.76. The number of nitrogens with zero attached hydrogens (tertiary/aromatic N) is 6.